The van der Waals surface area contributed by atoms with E-state index in [4.69, 9.17) is 5.73 Å². The van der Waals surface area contributed by atoms with Crippen LogP contribution < -0.4 is 16.0 Å². The van der Waals surface area contributed by atoms with Crippen LogP contribution in [0.4, 0.5) is 11.5 Å². The van der Waals surface area contributed by atoms with Crippen LogP contribution in [-0.2, 0) is 4.79 Å². The first-order chi connectivity index (χ1) is 7.74. The summed E-state index contributed by atoms with van der Waals surface area (Å²) >= 11 is 0. The number of carbonyl (C=O) groups is 1. The van der Waals surface area contributed by atoms with E-state index < -0.39 is 0 Å². The molecule has 6 nitrogen and oxygen atoms in total. The van der Waals surface area contributed by atoms with Crippen LogP contribution in [0.25, 0.3) is 0 Å². The Morgan fingerprint density at radius 2 is 2.50 bits per heavy atom. The number of piperazine rings is 1. The van der Waals surface area contributed by atoms with E-state index in [1.54, 1.807) is 6.20 Å². The zero-order valence-electron chi connectivity index (χ0n) is 9.18. The Hall–Kier alpha value is -1.85. The first-order valence-corrected chi connectivity index (χ1v) is 5.34. The van der Waals surface area contributed by atoms with Gasteiger partial charge in [-0.3, -0.25) is 4.79 Å². The van der Waals surface area contributed by atoms with Crippen LogP contribution in [0.3, 0.4) is 0 Å². The van der Waals surface area contributed by atoms with Crippen LogP contribution in [0.1, 0.15) is 13.3 Å². The average molecular weight is 221 g/mol. The third-order valence-electron chi connectivity index (χ3n) is 2.71. The van der Waals surface area contributed by atoms with Crippen molar-refractivity contribution in [2.24, 2.45) is 0 Å². The van der Waals surface area contributed by atoms with Crippen molar-refractivity contribution in [2.75, 3.05) is 23.7 Å². The number of amides is 1. The van der Waals surface area contributed by atoms with Gasteiger partial charge in [0.2, 0.25) is 5.91 Å². The molecule has 1 aromatic heterocycles. The summed E-state index contributed by atoms with van der Waals surface area (Å²) in [4.78, 5) is 21.6. The lowest BCUT2D eigenvalue weighted by Crippen LogP contribution is -2.55. The van der Waals surface area contributed by atoms with E-state index in [9.17, 15) is 4.79 Å². The summed E-state index contributed by atoms with van der Waals surface area (Å²) in [5.74, 6) is 0.684. The molecule has 1 atom stereocenters. The van der Waals surface area contributed by atoms with Gasteiger partial charge in [0.25, 0.3) is 0 Å². The monoisotopic (exact) mass is 221 g/mol. The molecule has 0 aliphatic carbocycles. The average Bonchev–Trinajstić information content (AvgIpc) is 2.29. The number of nitrogens with one attached hydrogen (secondary N) is 1. The highest BCUT2D eigenvalue weighted by Gasteiger charge is 2.29. The van der Waals surface area contributed by atoms with Crippen LogP contribution >= 0.6 is 0 Å². The molecule has 1 unspecified atom stereocenters. The lowest BCUT2D eigenvalue weighted by molar-refractivity contribution is -0.123. The highest BCUT2D eigenvalue weighted by atomic mass is 16.2. The number of hydrogen-bond acceptors (Lipinski definition) is 5. The Morgan fingerprint density at radius 1 is 1.69 bits per heavy atom. The van der Waals surface area contributed by atoms with Crippen LogP contribution in [0.2, 0.25) is 0 Å². The van der Waals surface area contributed by atoms with Crippen molar-refractivity contribution in [3.8, 4) is 0 Å². The molecule has 1 aliphatic rings. The Bertz CT molecular complexity index is 395. The van der Waals surface area contributed by atoms with Gasteiger partial charge in [-0.2, -0.15) is 0 Å². The minimum Gasteiger partial charge on any atom is -0.394 e. The molecular weight excluding hydrogens is 206 g/mol. The van der Waals surface area contributed by atoms with Crippen molar-refractivity contribution in [3.63, 3.8) is 0 Å². The quantitative estimate of drug-likeness (QED) is 0.721. The summed E-state index contributed by atoms with van der Waals surface area (Å²) in [6, 6.07) is -0.189. The van der Waals surface area contributed by atoms with Crippen LogP contribution in [0.15, 0.2) is 12.5 Å². The maximum Gasteiger partial charge on any atom is 0.242 e. The maximum atomic E-state index is 11.7. The van der Waals surface area contributed by atoms with E-state index in [0.29, 0.717) is 18.1 Å². The number of nitrogen functional groups attached to an aromatic ring is 1. The van der Waals surface area contributed by atoms with Gasteiger partial charge >= 0.3 is 0 Å². The SMILES string of the molecule is CCC1C(=O)NCCN1c1ncncc1N. The van der Waals surface area contributed by atoms with Gasteiger partial charge in [0.05, 0.1) is 11.9 Å². The Labute approximate surface area is 93.9 Å². The molecule has 1 amide bonds. The highest BCUT2D eigenvalue weighted by molar-refractivity contribution is 5.87. The summed E-state index contributed by atoms with van der Waals surface area (Å²) < 4.78 is 0. The molecule has 1 aromatic rings. The van der Waals surface area contributed by atoms with Gasteiger partial charge < -0.3 is 16.0 Å². The standard InChI is InChI=1S/C10H15N5O/c1-2-8-10(16)13-3-4-15(8)9-7(11)5-12-6-14-9/h5-6,8H,2-4,11H2,1H3,(H,13,16). The number of hydrogen-bond donors (Lipinski definition) is 2. The van der Waals surface area contributed by atoms with Crippen LogP contribution in [0.5, 0.6) is 0 Å². The van der Waals surface area contributed by atoms with E-state index in [0.717, 1.165) is 13.0 Å². The molecule has 0 radical (unpaired) electrons. The fraction of sp³-hybridized carbons (Fsp3) is 0.500. The molecule has 0 saturated carbocycles. The zero-order valence-corrected chi connectivity index (χ0v) is 9.18. The molecule has 1 aliphatic heterocycles. The first-order valence-electron chi connectivity index (χ1n) is 5.34. The van der Waals surface area contributed by atoms with Gasteiger partial charge in [0.15, 0.2) is 5.82 Å². The Balaban J connectivity index is 2.31. The third kappa shape index (κ3) is 1.78. The fourth-order valence-electron chi connectivity index (χ4n) is 1.95. The second-order valence-electron chi connectivity index (χ2n) is 3.71. The summed E-state index contributed by atoms with van der Waals surface area (Å²) in [6.07, 6.45) is 3.74. The van der Waals surface area contributed by atoms with Crippen molar-refractivity contribution >= 4 is 17.4 Å². The number of nitrogens with two attached hydrogens (primary N) is 1. The molecule has 1 fully saturated rings. The van der Waals surface area contributed by atoms with E-state index >= 15 is 0 Å². The van der Waals surface area contributed by atoms with Gasteiger partial charge in [-0.1, -0.05) is 6.92 Å². The maximum absolute atomic E-state index is 11.7. The van der Waals surface area contributed by atoms with E-state index in [1.165, 1.54) is 6.33 Å². The predicted octanol–water partition coefficient (Wildman–Crippen LogP) is -0.226. The Kier molecular flexibility index (Phi) is 2.89. The molecule has 2 rings (SSSR count). The van der Waals surface area contributed by atoms with E-state index in [-0.39, 0.29) is 11.9 Å². The zero-order chi connectivity index (χ0) is 11.5. The molecule has 16 heavy (non-hydrogen) atoms. The minimum atomic E-state index is -0.189. The Morgan fingerprint density at radius 3 is 3.19 bits per heavy atom. The summed E-state index contributed by atoms with van der Waals surface area (Å²) in [7, 11) is 0. The van der Waals surface area contributed by atoms with Gasteiger partial charge in [-0.15, -0.1) is 0 Å². The lowest BCUT2D eigenvalue weighted by Gasteiger charge is -2.35. The van der Waals surface area contributed by atoms with Gasteiger partial charge in [0, 0.05) is 13.1 Å². The second-order valence-corrected chi connectivity index (χ2v) is 3.71. The molecule has 6 heteroatoms. The van der Waals surface area contributed by atoms with Gasteiger partial charge in [-0.05, 0) is 6.42 Å². The molecular formula is C10H15N5O. The largest absolute Gasteiger partial charge is 0.394 e. The van der Waals surface area contributed by atoms with Crippen molar-refractivity contribution in [1.82, 2.24) is 15.3 Å². The smallest absolute Gasteiger partial charge is 0.242 e. The number of aromatic nitrogens is 2. The van der Waals surface area contributed by atoms with Crippen LogP contribution in [0, 0.1) is 0 Å². The normalized spacial score (nSPS) is 20.7. The van der Waals surface area contributed by atoms with Crippen molar-refractivity contribution in [3.05, 3.63) is 12.5 Å². The third-order valence-corrected chi connectivity index (χ3v) is 2.71. The van der Waals surface area contributed by atoms with Crippen molar-refractivity contribution < 1.29 is 4.79 Å². The van der Waals surface area contributed by atoms with E-state index in [2.05, 4.69) is 15.3 Å². The highest BCUT2D eigenvalue weighted by Crippen LogP contribution is 2.22. The van der Waals surface area contributed by atoms with Gasteiger partial charge in [-0.25, -0.2) is 9.97 Å². The molecule has 86 valence electrons. The summed E-state index contributed by atoms with van der Waals surface area (Å²) in [5, 5.41) is 2.84. The van der Waals surface area contributed by atoms with Crippen LogP contribution in [-0.4, -0.2) is 35.0 Å². The molecule has 0 spiro atoms. The molecule has 2 heterocycles. The fourth-order valence-corrected chi connectivity index (χ4v) is 1.95. The second kappa shape index (κ2) is 4.34. The van der Waals surface area contributed by atoms with Gasteiger partial charge in [0.1, 0.15) is 12.4 Å². The predicted molar refractivity (Wildman–Crippen MR) is 60.9 cm³/mol. The molecule has 0 bridgehead atoms. The lowest BCUT2D eigenvalue weighted by atomic mass is 10.1. The molecule has 0 aromatic carbocycles. The number of carbonyl (C=O) groups excluding carboxylic acids is 1. The first kappa shape index (κ1) is 10.7. The molecule has 3 N–H and O–H groups in total. The summed E-state index contributed by atoms with van der Waals surface area (Å²) in [6.45, 7) is 3.32. The molecule has 1 saturated heterocycles. The van der Waals surface area contributed by atoms with Crippen molar-refractivity contribution in [2.45, 2.75) is 19.4 Å². The number of nitrogens with zero attached hydrogens (tertiary/aromatic N) is 3. The number of anilines is 2. The van der Waals surface area contributed by atoms with E-state index in [1.807, 2.05) is 11.8 Å². The topological polar surface area (TPSA) is 84.1 Å². The summed E-state index contributed by atoms with van der Waals surface area (Å²) in [5.41, 5.74) is 6.33. The number of rotatable bonds is 2. The van der Waals surface area contributed by atoms with Crippen molar-refractivity contribution in [1.29, 1.82) is 0 Å². The minimum absolute atomic E-state index is 0.0340.